The lowest BCUT2D eigenvalue weighted by molar-refractivity contribution is -0.143. The van der Waals surface area contributed by atoms with Crippen LogP contribution >= 0.6 is 0 Å². The molecule has 2 fully saturated rings. The van der Waals surface area contributed by atoms with Gasteiger partial charge in [-0.15, -0.1) is 0 Å². The Hall–Kier alpha value is -2.46. The molecule has 0 spiro atoms. The number of amides is 2. The number of likely N-dealkylation sites (tertiary alicyclic amines) is 1. The van der Waals surface area contributed by atoms with Crippen molar-refractivity contribution in [2.75, 3.05) is 13.2 Å². The Morgan fingerprint density at radius 1 is 1.00 bits per heavy atom. The Bertz CT molecular complexity index is 961. The molecular formula is C24H23NO3. The molecule has 5 aliphatic rings. The summed E-state index contributed by atoms with van der Waals surface area (Å²) >= 11 is 0. The van der Waals surface area contributed by atoms with E-state index in [-0.39, 0.29) is 35.7 Å². The summed E-state index contributed by atoms with van der Waals surface area (Å²) in [5, 5.41) is 0. The van der Waals surface area contributed by atoms with E-state index in [1.54, 1.807) is 0 Å². The molecule has 2 bridgehead atoms. The summed E-state index contributed by atoms with van der Waals surface area (Å²) in [5.74, 6) is -0.468. The minimum atomic E-state index is -0.719. The molecule has 3 aliphatic carbocycles. The van der Waals surface area contributed by atoms with Crippen molar-refractivity contribution in [1.82, 2.24) is 4.90 Å². The predicted molar refractivity (Wildman–Crippen MR) is 104 cm³/mol. The number of carbonyl (C=O) groups is 2. The monoisotopic (exact) mass is 373 g/mol. The molecule has 0 aromatic heterocycles. The fourth-order valence-electron chi connectivity index (χ4n) is 6.36. The molecule has 2 aromatic carbocycles. The van der Waals surface area contributed by atoms with Crippen LogP contribution in [-0.2, 0) is 14.3 Å². The molecule has 4 heteroatoms. The lowest BCUT2D eigenvalue weighted by atomic mass is 9.48. The average molecular weight is 373 g/mol. The van der Waals surface area contributed by atoms with Crippen molar-refractivity contribution < 1.29 is 14.3 Å². The highest BCUT2D eigenvalue weighted by molar-refractivity contribution is 6.10. The molecule has 7 rings (SSSR count). The molecular weight excluding hydrogens is 350 g/mol. The van der Waals surface area contributed by atoms with Gasteiger partial charge in [0, 0.05) is 18.4 Å². The van der Waals surface area contributed by atoms with Gasteiger partial charge in [-0.05, 0) is 42.0 Å². The van der Waals surface area contributed by atoms with Crippen LogP contribution in [-0.4, -0.2) is 36.0 Å². The third-order valence-corrected chi connectivity index (χ3v) is 7.51. The third-order valence-electron chi connectivity index (χ3n) is 7.51. The molecule has 2 aliphatic heterocycles. The van der Waals surface area contributed by atoms with Crippen LogP contribution in [0.15, 0.2) is 48.5 Å². The normalized spacial score (nSPS) is 35.1. The number of hydrogen-bond acceptors (Lipinski definition) is 3. The van der Waals surface area contributed by atoms with E-state index in [1.165, 1.54) is 27.2 Å². The van der Waals surface area contributed by atoms with Gasteiger partial charge in [0.2, 0.25) is 11.8 Å². The first kappa shape index (κ1) is 16.5. The van der Waals surface area contributed by atoms with E-state index in [9.17, 15) is 9.59 Å². The van der Waals surface area contributed by atoms with Gasteiger partial charge >= 0.3 is 0 Å². The van der Waals surface area contributed by atoms with E-state index in [1.807, 2.05) is 31.2 Å². The van der Waals surface area contributed by atoms with Crippen molar-refractivity contribution in [2.24, 2.45) is 11.3 Å². The minimum absolute atomic E-state index is 0.0120. The largest absolute Gasteiger partial charge is 0.376 e. The van der Waals surface area contributed by atoms with Crippen LogP contribution in [0.25, 0.3) is 0 Å². The van der Waals surface area contributed by atoms with Gasteiger partial charge in [-0.3, -0.25) is 14.5 Å². The molecule has 2 heterocycles. The van der Waals surface area contributed by atoms with Gasteiger partial charge in [-0.2, -0.15) is 0 Å². The van der Waals surface area contributed by atoms with Gasteiger partial charge in [-0.1, -0.05) is 48.5 Å². The average Bonchev–Trinajstić information content (AvgIpc) is 3.30. The summed E-state index contributed by atoms with van der Waals surface area (Å²) in [6, 6.07) is 16.8. The number of imide groups is 1. The summed E-state index contributed by atoms with van der Waals surface area (Å²) in [6.45, 7) is 3.15. The Morgan fingerprint density at radius 3 is 2.18 bits per heavy atom. The van der Waals surface area contributed by atoms with Crippen LogP contribution in [0.5, 0.6) is 0 Å². The number of hydrogen-bond donors (Lipinski definition) is 0. The van der Waals surface area contributed by atoms with E-state index in [4.69, 9.17) is 4.74 Å². The van der Waals surface area contributed by atoms with Crippen molar-refractivity contribution in [3.63, 3.8) is 0 Å². The molecule has 0 N–H and O–H groups in total. The van der Waals surface area contributed by atoms with E-state index < -0.39 is 5.41 Å². The van der Waals surface area contributed by atoms with Gasteiger partial charge in [0.25, 0.3) is 0 Å². The molecule has 0 radical (unpaired) electrons. The third kappa shape index (κ3) is 1.84. The standard InChI is InChI=1S/C24H23NO3/c1-24-20-17-10-4-2-8-15(17)19(16-9-3-5-11-18(16)20)21(24)22(26)25(23(24)27)13-14-7-6-12-28-14/h2-5,8-11,14,19-21H,6-7,12-13H2,1H3/t14-,19?,20?,21-,24-/m1/s1. The quantitative estimate of drug-likeness (QED) is 0.758. The molecule has 4 nitrogen and oxygen atoms in total. The Labute approximate surface area is 164 Å². The van der Waals surface area contributed by atoms with Crippen LogP contribution in [0.4, 0.5) is 0 Å². The van der Waals surface area contributed by atoms with Crippen molar-refractivity contribution in [1.29, 1.82) is 0 Å². The zero-order chi connectivity index (χ0) is 19.0. The van der Waals surface area contributed by atoms with Crippen molar-refractivity contribution in [3.8, 4) is 0 Å². The lowest BCUT2D eigenvalue weighted by Gasteiger charge is -2.51. The van der Waals surface area contributed by atoms with Crippen molar-refractivity contribution >= 4 is 11.8 Å². The van der Waals surface area contributed by atoms with E-state index in [0.29, 0.717) is 6.54 Å². The van der Waals surface area contributed by atoms with E-state index in [0.717, 1.165) is 19.4 Å². The summed E-state index contributed by atoms with van der Waals surface area (Å²) < 4.78 is 5.74. The van der Waals surface area contributed by atoms with Crippen LogP contribution in [0.1, 0.15) is 53.9 Å². The smallest absolute Gasteiger partial charge is 0.237 e. The highest BCUT2D eigenvalue weighted by atomic mass is 16.5. The van der Waals surface area contributed by atoms with Crippen LogP contribution < -0.4 is 0 Å². The number of ether oxygens (including phenoxy) is 1. The first-order valence-electron chi connectivity index (χ1n) is 10.3. The second kappa shape index (κ2) is 5.54. The zero-order valence-corrected chi connectivity index (χ0v) is 15.9. The van der Waals surface area contributed by atoms with E-state index in [2.05, 4.69) is 24.3 Å². The second-order valence-electron chi connectivity index (χ2n) is 8.82. The van der Waals surface area contributed by atoms with Crippen molar-refractivity contribution in [2.45, 2.75) is 37.7 Å². The topological polar surface area (TPSA) is 46.6 Å². The number of carbonyl (C=O) groups excluding carboxylic acids is 2. The molecule has 3 atom stereocenters. The zero-order valence-electron chi connectivity index (χ0n) is 15.9. The molecule has 2 amide bonds. The van der Waals surface area contributed by atoms with Gasteiger partial charge < -0.3 is 4.74 Å². The van der Waals surface area contributed by atoms with Gasteiger partial charge in [-0.25, -0.2) is 0 Å². The predicted octanol–water partition coefficient (Wildman–Crippen LogP) is 3.45. The van der Waals surface area contributed by atoms with Gasteiger partial charge in [0.05, 0.1) is 24.0 Å². The number of rotatable bonds is 2. The van der Waals surface area contributed by atoms with Crippen LogP contribution in [0.2, 0.25) is 0 Å². The van der Waals surface area contributed by atoms with Crippen LogP contribution in [0.3, 0.4) is 0 Å². The maximum Gasteiger partial charge on any atom is 0.237 e. The van der Waals surface area contributed by atoms with Crippen molar-refractivity contribution in [3.05, 3.63) is 70.8 Å². The summed E-state index contributed by atoms with van der Waals surface area (Å²) in [6.07, 6.45) is 1.91. The first-order chi connectivity index (χ1) is 13.6. The Kier molecular flexibility index (Phi) is 3.26. The van der Waals surface area contributed by atoms with Crippen LogP contribution in [0, 0.1) is 11.3 Å². The summed E-state index contributed by atoms with van der Waals surface area (Å²) in [5.41, 5.74) is 4.14. The lowest BCUT2D eigenvalue weighted by Crippen LogP contribution is -2.49. The Balaban J connectivity index is 1.53. The minimum Gasteiger partial charge on any atom is -0.376 e. The second-order valence-corrected chi connectivity index (χ2v) is 8.82. The molecule has 2 aromatic rings. The first-order valence-corrected chi connectivity index (χ1v) is 10.3. The number of nitrogens with zero attached hydrogens (tertiary/aromatic N) is 1. The molecule has 28 heavy (non-hydrogen) atoms. The van der Waals surface area contributed by atoms with Gasteiger partial charge in [0.15, 0.2) is 0 Å². The maximum absolute atomic E-state index is 13.7. The SMILES string of the molecule is C[C@]12C(=O)N(C[C@H]3CCCO3)C(=O)[C@H]1C1c3ccccc3C2c2ccccc21. The fourth-order valence-corrected chi connectivity index (χ4v) is 6.36. The summed E-state index contributed by atoms with van der Waals surface area (Å²) in [4.78, 5) is 28.8. The fraction of sp³-hybridized carbons (Fsp3) is 0.417. The highest BCUT2D eigenvalue weighted by Gasteiger charge is 2.68. The molecule has 2 saturated heterocycles. The maximum atomic E-state index is 13.7. The molecule has 0 saturated carbocycles. The highest BCUT2D eigenvalue weighted by Crippen LogP contribution is 2.66. The Morgan fingerprint density at radius 2 is 1.61 bits per heavy atom. The number of benzene rings is 2. The van der Waals surface area contributed by atoms with E-state index >= 15 is 0 Å². The summed E-state index contributed by atoms with van der Waals surface area (Å²) in [7, 11) is 0. The molecule has 0 unspecified atom stereocenters. The van der Waals surface area contributed by atoms with Gasteiger partial charge in [0.1, 0.15) is 0 Å². The molecule has 142 valence electrons.